The second-order valence-corrected chi connectivity index (χ2v) is 6.15. The lowest BCUT2D eigenvalue weighted by Crippen LogP contribution is -2.40. The standard InChI is InChI=1S/C19H19F2N3O2/c1-13(14-5-3-2-4-6-14)22-18(25)12-23-9-10-24(19(23)26)15-7-8-16(20)17(21)11-15/h2-8,11,13H,9-10,12H2,1H3,(H,22,25). The summed E-state index contributed by atoms with van der Waals surface area (Å²) in [7, 11) is 0. The van der Waals surface area contributed by atoms with Crippen molar-refractivity contribution in [1.29, 1.82) is 0 Å². The van der Waals surface area contributed by atoms with Crippen molar-refractivity contribution < 1.29 is 18.4 Å². The van der Waals surface area contributed by atoms with Crippen molar-refractivity contribution in [3.8, 4) is 0 Å². The molecule has 0 bridgehead atoms. The van der Waals surface area contributed by atoms with E-state index >= 15 is 0 Å². The van der Waals surface area contributed by atoms with Crippen molar-refractivity contribution in [2.24, 2.45) is 0 Å². The Hall–Kier alpha value is -2.96. The third-order valence-corrected chi connectivity index (χ3v) is 4.32. The van der Waals surface area contributed by atoms with E-state index in [-0.39, 0.29) is 24.2 Å². The third kappa shape index (κ3) is 3.82. The van der Waals surface area contributed by atoms with E-state index < -0.39 is 17.7 Å². The van der Waals surface area contributed by atoms with E-state index in [0.29, 0.717) is 13.1 Å². The van der Waals surface area contributed by atoms with Crippen LogP contribution >= 0.6 is 0 Å². The van der Waals surface area contributed by atoms with Crippen molar-refractivity contribution in [2.75, 3.05) is 24.5 Å². The maximum Gasteiger partial charge on any atom is 0.325 e. The summed E-state index contributed by atoms with van der Waals surface area (Å²) < 4.78 is 26.4. The fourth-order valence-electron chi connectivity index (χ4n) is 2.91. The van der Waals surface area contributed by atoms with Gasteiger partial charge in [0.05, 0.1) is 6.04 Å². The molecule has 7 heteroatoms. The van der Waals surface area contributed by atoms with Crippen LogP contribution in [0.4, 0.5) is 19.3 Å². The third-order valence-electron chi connectivity index (χ3n) is 4.32. The number of carbonyl (C=O) groups excluding carboxylic acids is 2. The average molecular weight is 359 g/mol. The summed E-state index contributed by atoms with van der Waals surface area (Å²) in [5.41, 5.74) is 1.24. The van der Waals surface area contributed by atoms with Crippen LogP contribution in [0.5, 0.6) is 0 Å². The van der Waals surface area contributed by atoms with Gasteiger partial charge in [-0.15, -0.1) is 0 Å². The van der Waals surface area contributed by atoms with Crippen LogP contribution in [0.25, 0.3) is 0 Å². The minimum Gasteiger partial charge on any atom is -0.348 e. The first-order valence-electron chi connectivity index (χ1n) is 8.31. The summed E-state index contributed by atoms with van der Waals surface area (Å²) in [6.45, 7) is 2.43. The molecule has 1 fully saturated rings. The molecule has 1 atom stereocenters. The van der Waals surface area contributed by atoms with E-state index in [2.05, 4.69) is 5.32 Å². The zero-order valence-corrected chi connectivity index (χ0v) is 14.3. The second-order valence-electron chi connectivity index (χ2n) is 6.15. The number of nitrogens with zero attached hydrogens (tertiary/aromatic N) is 2. The lowest BCUT2D eigenvalue weighted by Gasteiger charge is -2.20. The molecule has 5 nitrogen and oxygen atoms in total. The van der Waals surface area contributed by atoms with E-state index in [4.69, 9.17) is 0 Å². The quantitative estimate of drug-likeness (QED) is 0.892. The van der Waals surface area contributed by atoms with Crippen molar-refractivity contribution in [2.45, 2.75) is 13.0 Å². The summed E-state index contributed by atoms with van der Waals surface area (Å²) in [6, 6.07) is 12.2. The van der Waals surface area contributed by atoms with Crippen LogP contribution in [0, 0.1) is 11.6 Å². The van der Waals surface area contributed by atoms with Crippen LogP contribution in [-0.2, 0) is 4.79 Å². The molecule has 136 valence electrons. The van der Waals surface area contributed by atoms with Gasteiger partial charge >= 0.3 is 6.03 Å². The zero-order chi connectivity index (χ0) is 18.7. The van der Waals surface area contributed by atoms with Crippen LogP contribution in [0.1, 0.15) is 18.5 Å². The summed E-state index contributed by atoms with van der Waals surface area (Å²) in [4.78, 5) is 27.4. The lowest BCUT2D eigenvalue weighted by atomic mass is 10.1. The largest absolute Gasteiger partial charge is 0.348 e. The van der Waals surface area contributed by atoms with Gasteiger partial charge in [-0.25, -0.2) is 13.6 Å². The van der Waals surface area contributed by atoms with Gasteiger partial charge in [0, 0.05) is 24.8 Å². The SMILES string of the molecule is CC(NC(=O)CN1CCN(c2ccc(F)c(F)c2)C1=O)c1ccccc1. The van der Waals surface area contributed by atoms with Gasteiger partial charge in [-0.1, -0.05) is 30.3 Å². The van der Waals surface area contributed by atoms with Crippen molar-refractivity contribution in [3.05, 3.63) is 65.7 Å². The normalized spacial score (nSPS) is 15.3. The number of urea groups is 1. The van der Waals surface area contributed by atoms with Crippen LogP contribution in [0.15, 0.2) is 48.5 Å². The highest BCUT2D eigenvalue weighted by atomic mass is 19.2. The highest BCUT2D eigenvalue weighted by Gasteiger charge is 2.31. The van der Waals surface area contributed by atoms with Crippen molar-refractivity contribution in [1.82, 2.24) is 10.2 Å². The Morgan fingerprint density at radius 1 is 1.12 bits per heavy atom. The maximum absolute atomic E-state index is 13.4. The molecule has 1 unspecified atom stereocenters. The van der Waals surface area contributed by atoms with Gasteiger partial charge in [0.25, 0.3) is 0 Å². The monoisotopic (exact) mass is 359 g/mol. The van der Waals surface area contributed by atoms with Crippen LogP contribution in [-0.4, -0.2) is 36.5 Å². The molecule has 0 aliphatic carbocycles. The molecule has 1 N–H and O–H groups in total. The Morgan fingerprint density at radius 3 is 2.54 bits per heavy atom. The molecular weight excluding hydrogens is 340 g/mol. The molecule has 0 aromatic heterocycles. The number of nitrogens with one attached hydrogen (secondary N) is 1. The molecule has 3 amide bonds. The van der Waals surface area contributed by atoms with Gasteiger partial charge in [-0.3, -0.25) is 9.69 Å². The van der Waals surface area contributed by atoms with Gasteiger partial charge in [0.1, 0.15) is 6.54 Å². The van der Waals surface area contributed by atoms with E-state index in [1.165, 1.54) is 15.9 Å². The molecule has 2 aromatic rings. The van der Waals surface area contributed by atoms with Crippen molar-refractivity contribution >= 4 is 17.6 Å². The van der Waals surface area contributed by atoms with E-state index in [1.54, 1.807) is 0 Å². The molecule has 1 saturated heterocycles. The number of amides is 3. The first kappa shape index (κ1) is 17.8. The fourth-order valence-corrected chi connectivity index (χ4v) is 2.91. The highest BCUT2D eigenvalue weighted by molar-refractivity contribution is 5.96. The molecular formula is C19H19F2N3O2. The number of anilines is 1. The molecule has 1 heterocycles. The Labute approximate surface area is 150 Å². The number of carbonyl (C=O) groups is 2. The van der Waals surface area contributed by atoms with E-state index in [1.807, 2.05) is 37.3 Å². The Bertz CT molecular complexity index is 814. The van der Waals surface area contributed by atoms with E-state index in [0.717, 1.165) is 17.7 Å². The van der Waals surface area contributed by atoms with Gasteiger partial charge in [0.15, 0.2) is 11.6 Å². The molecule has 0 saturated carbocycles. The summed E-state index contributed by atoms with van der Waals surface area (Å²) >= 11 is 0. The first-order chi connectivity index (χ1) is 12.5. The van der Waals surface area contributed by atoms with Gasteiger partial charge in [-0.2, -0.15) is 0 Å². The second kappa shape index (κ2) is 7.51. The number of halogens is 2. The predicted octanol–water partition coefficient (Wildman–Crippen LogP) is 3.08. The molecule has 0 spiro atoms. The maximum atomic E-state index is 13.4. The summed E-state index contributed by atoms with van der Waals surface area (Å²) in [5.74, 6) is -2.25. The predicted molar refractivity (Wildman–Crippen MR) is 93.7 cm³/mol. The molecule has 1 aliphatic rings. The summed E-state index contributed by atoms with van der Waals surface area (Å²) in [5, 5.41) is 2.85. The number of hydrogen-bond donors (Lipinski definition) is 1. The highest BCUT2D eigenvalue weighted by Crippen LogP contribution is 2.22. The minimum absolute atomic E-state index is 0.0871. The average Bonchev–Trinajstić information content (AvgIpc) is 2.98. The fraction of sp³-hybridized carbons (Fsp3) is 0.263. The molecule has 3 rings (SSSR count). The van der Waals surface area contributed by atoms with Crippen molar-refractivity contribution in [3.63, 3.8) is 0 Å². The van der Waals surface area contributed by atoms with Gasteiger partial charge in [0.2, 0.25) is 5.91 Å². The summed E-state index contributed by atoms with van der Waals surface area (Å²) in [6.07, 6.45) is 0. The lowest BCUT2D eigenvalue weighted by molar-refractivity contribution is -0.122. The van der Waals surface area contributed by atoms with Gasteiger partial charge in [-0.05, 0) is 24.6 Å². The zero-order valence-electron chi connectivity index (χ0n) is 14.3. The van der Waals surface area contributed by atoms with Gasteiger partial charge < -0.3 is 10.2 Å². The first-order valence-corrected chi connectivity index (χ1v) is 8.31. The molecule has 26 heavy (non-hydrogen) atoms. The number of benzene rings is 2. The van der Waals surface area contributed by atoms with Crippen LogP contribution in [0.2, 0.25) is 0 Å². The Morgan fingerprint density at radius 2 is 1.85 bits per heavy atom. The van der Waals surface area contributed by atoms with Crippen LogP contribution in [0.3, 0.4) is 0 Å². The molecule has 0 radical (unpaired) electrons. The van der Waals surface area contributed by atoms with Crippen LogP contribution < -0.4 is 10.2 Å². The molecule has 1 aliphatic heterocycles. The topological polar surface area (TPSA) is 52.7 Å². The smallest absolute Gasteiger partial charge is 0.325 e. The number of rotatable bonds is 5. The molecule has 2 aromatic carbocycles. The van der Waals surface area contributed by atoms with E-state index in [9.17, 15) is 18.4 Å². The Balaban J connectivity index is 1.60. The number of hydrogen-bond acceptors (Lipinski definition) is 2. The Kier molecular flexibility index (Phi) is 5.16. The minimum atomic E-state index is -1.01.